The van der Waals surface area contributed by atoms with Crippen molar-refractivity contribution in [3.05, 3.63) is 28.8 Å². The number of rotatable bonds is 7. The number of hydrogen-bond acceptors (Lipinski definition) is 3. The van der Waals surface area contributed by atoms with Crippen molar-refractivity contribution in [3.63, 3.8) is 0 Å². The van der Waals surface area contributed by atoms with Crippen LogP contribution in [0.5, 0.6) is 5.75 Å². The lowest BCUT2D eigenvalue weighted by Gasteiger charge is -2.09. The average molecular weight is 258 g/mol. The lowest BCUT2D eigenvalue weighted by Crippen LogP contribution is -2.16. The summed E-state index contributed by atoms with van der Waals surface area (Å²) in [5, 5.41) is 22.3. The van der Waals surface area contributed by atoms with E-state index < -0.39 is 0 Å². The highest BCUT2D eigenvalue weighted by atomic mass is 35.5. The first-order valence-electron chi connectivity index (χ1n) is 5.92. The van der Waals surface area contributed by atoms with E-state index in [0.29, 0.717) is 17.5 Å². The summed E-state index contributed by atoms with van der Waals surface area (Å²) < 4.78 is 0. The zero-order valence-electron chi connectivity index (χ0n) is 10.1. The van der Waals surface area contributed by atoms with Gasteiger partial charge in [0.15, 0.2) is 0 Å². The highest BCUT2D eigenvalue weighted by molar-refractivity contribution is 6.30. The molecule has 0 saturated carbocycles. The first-order valence-corrected chi connectivity index (χ1v) is 6.30. The smallest absolute Gasteiger partial charge is 0.120 e. The van der Waals surface area contributed by atoms with Crippen molar-refractivity contribution < 1.29 is 10.2 Å². The third kappa shape index (κ3) is 5.39. The fraction of sp³-hybridized carbons (Fsp3) is 0.538. The first-order chi connectivity index (χ1) is 8.13. The van der Waals surface area contributed by atoms with Crippen molar-refractivity contribution in [2.24, 2.45) is 5.92 Å². The minimum atomic E-state index is 0.245. The molecule has 0 aliphatic rings. The average Bonchev–Trinajstić information content (AvgIpc) is 2.32. The summed E-state index contributed by atoms with van der Waals surface area (Å²) in [5.41, 5.74) is 0.813. The molecule has 1 rings (SSSR count). The third-order valence-corrected chi connectivity index (χ3v) is 2.95. The van der Waals surface area contributed by atoms with Crippen LogP contribution in [0.15, 0.2) is 18.2 Å². The highest BCUT2D eigenvalue weighted by Crippen LogP contribution is 2.21. The molecule has 0 spiro atoms. The predicted molar refractivity (Wildman–Crippen MR) is 70.3 cm³/mol. The van der Waals surface area contributed by atoms with Crippen molar-refractivity contribution in [2.45, 2.75) is 26.3 Å². The summed E-state index contributed by atoms with van der Waals surface area (Å²) in [6, 6.07) is 5.04. The number of nitrogens with one attached hydrogen (secondary N) is 1. The monoisotopic (exact) mass is 257 g/mol. The Balaban J connectivity index is 2.24. The molecule has 1 atom stereocenters. The summed E-state index contributed by atoms with van der Waals surface area (Å²) in [6.45, 7) is 3.76. The predicted octanol–water partition coefficient (Wildman–Crippen LogP) is 2.54. The molecule has 0 saturated heterocycles. The second kappa shape index (κ2) is 7.54. The first kappa shape index (κ1) is 14.3. The highest BCUT2D eigenvalue weighted by Gasteiger charge is 2.02. The van der Waals surface area contributed by atoms with Crippen LogP contribution < -0.4 is 5.32 Å². The zero-order valence-corrected chi connectivity index (χ0v) is 10.9. The Bertz CT molecular complexity index is 344. The van der Waals surface area contributed by atoms with E-state index in [-0.39, 0.29) is 12.4 Å². The summed E-state index contributed by atoms with van der Waals surface area (Å²) in [6.07, 6.45) is 2.02. The van der Waals surface area contributed by atoms with Gasteiger partial charge < -0.3 is 15.5 Å². The molecule has 0 heterocycles. The topological polar surface area (TPSA) is 52.5 Å². The number of aliphatic hydroxyl groups excluding tert-OH is 1. The molecule has 0 amide bonds. The van der Waals surface area contributed by atoms with E-state index >= 15 is 0 Å². The number of halogens is 1. The number of benzene rings is 1. The number of phenols is 1. The molecule has 0 radical (unpaired) electrons. The van der Waals surface area contributed by atoms with Crippen molar-refractivity contribution >= 4 is 11.6 Å². The quantitative estimate of drug-likeness (QED) is 0.658. The van der Waals surface area contributed by atoms with Gasteiger partial charge in [-0.15, -0.1) is 0 Å². The molecule has 0 bridgehead atoms. The lowest BCUT2D eigenvalue weighted by molar-refractivity contribution is 0.228. The van der Waals surface area contributed by atoms with Crippen LogP contribution in [-0.2, 0) is 6.54 Å². The van der Waals surface area contributed by atoms with Gasteiger partial charge in [-0.25, -0.2) is 0 Å². The van der Waals surface area contributed by atoms with Crippen LogP contribution in [0, 0.1) is 5.92 Å². The van der Waals surface area contributed by atoms with Gasteiger partial charge in [-0.3, -0.25) is 0 Å². The lowest BCUT2D eigenvalue weighted by atomic mass is 10.1. The van der Waals surface area contributed by atoms with E-state index in [9.17, 15) is 5.11 Å². The Morgan fingerprint density at radius 3 is 2.88 bits per heavy atom. The van der Waals surface area contributed by atoms with Crippen molar-refractivity contribution in [1.82, 2.24) is 5.32 Å². The number of aromatic hydroxyl groups is 1. The van der Waals surface area contributed by atoms with Gasteiger partial charge in [0.05, 0.1) is 0 Å². The summed E-state index contributed by atoms with van der Waals surface area (Å²) >= 11 is 5.85. The van der Waals surface area contributed by atoms with Crippen molar-refractivity contribution in [1.29, 1.82) is 0 Å². The molecule has 0 fully saturated rings. The molecule has 1 unspecified atom stereocenters. The Hall–Kier alpha value is -0.770. The number of phenolic OH excluding ortho intramolecular Hbond substituents is 1. The maximum absolute atomic E-state index is 9.59. The molecule has 4 heteroatoms. The molecular weight excluding hydrogens is 238 g/mol. The largest absolute Gasteiger partial charge is 0.508 e. The van der Waals surface area contributed by atoms with Crippen molar-refractivity contribution in [2.75, 3.05) is 13.2 Å². The van der Waals surface area contributed by atoms with E-state index in [0.717, 1.165) is 24.9 Å². The second-order valence-electron chi connectivity index (χ2n) is 4.38. The van der Waals surface area contributed by atoms with Gasteiger partial charge in [-0.05, 0) is 43.5 Å². The molecule has 1 aromatic carbocycles. The Kier molecular flexibility index (Phi) is 6.34. The zero-order chi connectivity index (χ0) is 12.7. The van der Waals surface area contributed by atoms with E-state index in [4.69, 9.17) is 16.7 Å². The van der Waals surface area contributed by atoms with E-state index in [1.165, 1.54) is 0 Å². The molecule has 0 aliphatic carbocycles. The van der Waals surface area contributed by atoms with Crippen LogP contribution >= 0.6 is 11.6 Å². The third-order valence-electron chi connectivity index (χ3n) is 2.72. The molecule has 1 aromatic rings. The fourth-order valence-electron chi connectivity index (χ4n) is 1.59. The Morgan fingerprint density at radius 2 is 2.18 bits per heavy atom. The molecule has 0 aromatic heterocycles. The maximum Gasteiger partial charge on any atom is 0.120 e. The fourth-order valence-corrected chi connectivity index (χ4v) is 1.78. The van der Waals surface area contributed by atoms with E-state index in [1.54, 1.807) is 18.2 Å². The SMILES string of the molecule is CC(CO)CCCNCc1cc(Cl)ccc1O. The normalized spacial score (nSPS) is 12.6. The van der Waals surface area contributed by atoms with Crippen LogP contribution in [0.1, 0.15) is 25.3 Å². The molecule has 0 aliphatic heterocycles. The van der Waals surface area contributed by atoms with Gasteiger partial charge in [0.2, 0.25) is 0 Å². The Labute approximate surface area is 107 Å². The number of hydrogen-bond donors (Lipinski definition) is 3. The van der Waals surface area contributed by atoms with Crippen LogP contribution in [0.25, 0.3) is 0 Å². The van der Waals surface area contributed by atoms with Gasteiger partial charge >= 0.3 is 0 Å². The minimum Gasteiger partial charge on any atom is -0.508 e. The molecular formula is C13H20ClNO2. The van der Waals surface area contributed by atoms with Crippen LogP contribution in [0.4, 0.5) is 0 Å². The van der Waals surface area contributed by atoms with Gasteiger partial charge in [0.25, 0.3) is 0 Å². The number of aliphatic hydroxyl groups is 1. The molecule has 3 N–H and O–H groups in total. The summed E-state index contributed by atoms with van der Waals surface area (Å²) in [5.74, 6) is 0.627. The summed E-state index contributed by atoms with van der Waals surface area (Å²) in [4.78, 5) is 0. The van der Waals surface area contributed by atoms with E-state index in [2.05, 4.69) is 5.32 Å². The van der Waals surface area contributed by atoms with Crippen LogP contribution in [0.3, 0.4) is 0 Å². The Morgan fingerprint density at radius 1 is 1.41 bits per heavy atom. The van der Waals surface area contributed by atoms with E-state index in [1.807, 2.05) is 6.92 Å². The maximum atomic E-state index is 9.59. The summed E-state index contributed by atoms with van der Waals surface area (Å²) in [7, 11) is 0. The molecule has 96 valence electrons. The van der Waals surface area contributed by atoms with Crippen molar-refractivity contribution in [3.8, 4) is 5.75 Å². The van der Waals surface area contributed by atoms with Gasteiger partial charge in [0.1, 0.15) is 5.75 Å². The standard InChI is InChI=1S/C13H20ClNO2/c1-10(9-16)3-2-6-15-8-11-7-12(14)4-5-13(11)17/h4-5,7,10,15-17H,2-3,6,8-9H2,1H3. The second-order valence-corrected chi connectivity index (χ2v) is 4.82. The van der Waals surface area contributed by atoms with Gasteiger partial charge in [0, 0.05) is 23.7 Å². The van der Waals surface area contributed by atoms with Crippen LogP contribution in [0.2, 0.25) is 5.02 Å². The van der Waals surface area contributed by atoms with Crippen LogP contribution in [-0.4, -0.2) is 23.4 Å². The molecule has 3 nitrogen and oxygen atoms in total. The molecule has 17 heavy (non-hydrogen) atoms. The minimum absolute atomic E-state index is 0.245. The van der Waals surface area contributed by atoms with Gasteiger partial charge in [-0.2, -0.15) is 0 Å². The van der Waals surface area contributed by atoms with Gasteiger partial charge in [-0.1, -0.05) is 18.5 Å².